The Morgan fingerprint density at radius 1 is 1.06 bits per heavy atom. The summed E-state index contributed by atoms with van der Waals surface area (Å²) in [5, 5.41) is 15.0. The Bertz CT molecular complexity index is 1140. The van der Waals surface area contributed by atoms with E-state index in [2.05, 4.69) is 20.8 Å². The first-order valence-corrected chi connectivity index (χ1v) is 11.4. The van der Waals surface area contributed by atoms with E-state index in [1.807, 2.05) is 6.92 Å². The molecule has 0 atom stereocenters. The molecule has 0 bridgehead atoms. The fraction of sp³-hybridized carbons (Fsp3) is 0.200. The average Bonchev–Trinajstić information content (AvgIpc) is 3.16. The number of hydrogen-bond acceptors (Lipinski definition) is 5. The fourth-order valence-corrected chi connectivity index (χ4v) is 4.09. The summed E-state index contributed by atoms with van der Waals surface area (Å²) in [4.78, 5) is 24.5. The molecule has 1 heterocycles. The molecule has 1 aromatic heterocycles. The maximum Gasteiger partial charge on any atom is 0.251 e. The van der Waals surface area contributed by atoms with Crippen molar-refractivity contribution in [3.8, 4) is 0 Å². The first-order valence-electron chi connectivity index (χ1n) is 9.31. The predicted molar refractivity (Wildman–Crippen MR) is 124 cm³/mol. The van der Waals surface area contributed by atoms with Crippen molar-refractivity contribution in [1.29, 1.82) is 0 Å². The van der Waals surface area contributed by atoms with Crippen LogP contribution in [-0.2, 0) is 17.9 Å². The second kappa shape index (κ2) is 11.0. The topological polar surface area (TPSA) is 88.9 Å². The van der Waals surface area contributed by atoms with E-state index < -0.39 is 5.82 Å². The molecule has 0 aliphatic carbocycles. The van der Waals surface area contributed by atoms with Crippen LogP contribution >= 0.6 is 46.6 Å². The molecular weight excluding hydrogens is 500 g/mol. The predicted octanol–water partition coefficient (Wildman–Crippen LogP) is 5.06. The molecule has 0 fully saturated rings. The normalized spacial score (nSPS) is 10.8. The van der Waals surface area contributed by atoms with Gasteiger partial charge in [-0.3, -0.25) is 9.59 Å². The highest BCUT2D eigenvalue weighted by molar-refractivity contribution is 7.99. The molecule has 2 amide bonds. The molecule has 3 aromatic rings. The highest BCUT2D eigenvalue weighted by atomic mass is 35.5. The number of aromatic nitrogens is 3. The lowest BCUT2D eigenvalue weighted by Gasteiger charge is -2.10. The molecule has 12 heteroatoms. The van der Waals surface area contributed by atoms with Gasteiger partial charge in [-0.25, -0.2) is 4.39 Å². The van der Waals surface area contributed by atoms with Gasteiger partial charge in [0.2, 0.25) is 5.91 Å². The van der Waals surface area contributed by atoms with Crippen LogP contribution in [0.2, 0.25) is 15.1 Å². The quantitative estimate of drug-likeness (QED) is 0.323. The van der Waals surface area contributed by atoms with Crippen LogP contribution in [0.5, 0.6) is 0 Å². The minimum Gasteiger partial charge on any atom is -0.345 e. The lowest BCUT2D eigenvalue weighted by atomic mass is 10.2. The van der Waals surface area contributed by atoms with Gasteiger partial charge in [0.25, 0.3) is 5.91 Å². The van der Waals surface area contributed by atoms with E-state index in [9.17, 15) is 14.0 Å². The number of nitrogens with one attached hydrogen (secondary N) is 2. The minimum absolute atomic E-state index is 0.0522. The number of nitrogens with zero attached hydrogens (tertiary/aromatic N) is 3. The van der Waals surface area contributed by atoms with Crippen molar-refractivity contribution >= 4 is 64.1 Å². The Morgan fingerprint density at radius 3 is 2.44 bits per heavy atom. The van der Waals surface area contributed by atoms with E-state index in [0.717, 1.165) is 0 Å². The largest absolute Gasteiger partial charge is 0.345 e. The van der Waals surface area contributed by atoms with Crippen molar-refractivity contribution < 1.29 is 14.0 Å². The van der Waals surface area contributed by atoms with Crippen LogP contribution in [-0.4, -0.2) is 32.3 Å². The van der Waals surface area contributed by atoms with Crippen LogP contribution in [0, 0.1) is 5.82 Å². The summed E-state index contributed by atoms with van der Waals surface area (Å²) in [6.07, 6.45) is 0. The zero-order valence-electron chi connectivity index (χ0n) is 16.7. The molecule has 0 aliphatic heterocycles. The van der Waals surface area contributed by atoms with Gasteiger partial charge in [-0.05, 0) is 43.3 Å². The monoisotopic (exact) mass is 515 g/mol. The summed E-state index contributed by atoms with van der Waals surface area (Å²) in [6.45, 7) is 2.56. The maximum absolute atomic E-state index is 13.0. The molecule has 168 valence electrons. The van der Waals surface area contributed by atoms with Crippen LogP contribution in [0.25, 0.3) is 0 Å². The molecule has 0 aliphatic rings. The highest BCUT2D eigenvalue weighted by Gasteiger charge is 2.16. The summed E-state index contributed by atoms with van der Waals surface area (Å²) in [5.41, 5.74) is 0.689. The Morgan fingerprint density at radius 2 is 1.75 bits per heavy atom. The molecule has 0 spiro atoms. The molecule has 0 unspecified atom stereocenters. The van der Waals surface area contributed by atoms with Gasteiger partial charge in [0.15, 0.2) is 11.0 Å². The molecular formula is C20H17Cl3FN5O2S. The molecule has 3 rings (SSSR count). The van der Waals surface area contributed by atoms with Crippen molar-refractivity contribution in [2.24, 2.45) is 0 Å². The SMILES string of the molecule is CCn1c(CNC(=O)c2ccc(F)cc2)nnc1SCC(=O)Nc1cc(Cl)c(Cl)cc1Cl. The zero-order chi connectivity index (χ0) is 23.3. The number of carbonyl (C=O) groups is 2. The summed E-state index contributed by atoms with van der Waals surface area (Å²) in [7, 11) is 0. The zero-order valence-corrected chi connectivity index (χ0v) is 19.7. The van der Waals surface area contributed by atoms with Crippen molar-refractivity contribution in [3.63, 3.8) is 0 Å². The number of hydrogen-bond donors (Lipinski definition) is 2. The molecule has 0 saturated heterocycles. The first kappa shape index (κ1) is 24.3. The number of amides is 2. The lowest BCUT2D eigenvalue weighted by Crippen LogP contribution is -2.24. The third-order valence-electron chi connectivity index (χ3n) is 4.24. The van der Waals surface area contributed by atoms with E-state index >= 15 is 0 Å². The van der Waals surface area contributed by atoms with E-state index in [-0.39, 0.29) is 34.2 Å². The standard InChI is InChI=1S/C20H17Cl3FN5O2S/c1-2-29-17(9-25-19(31)11-3-5-12(24)6-4-11)27-28-20(29)32-10-18(30)26-16-8-14(22)13(21)7-15(16)23/h3-8H,2,9-10H2,1H3,(H,25,31)(H,26,30). The van der Waals surface area contributed by atoms with Crippen molar-refractivity contribution in [1.82, 2.24) is 20.1 Å². The van der Waals surface area contributed by atoms with Crippen molar-refractivity contribution in [3.05, 3.63) is 68.7 Å². The second-order valence-corrected chi connectivity index (χ2v) is 8.58. The number of carbonyl (C=O) groups excluding carboxylic acids is 2. The van der Waals surface area contributed by atoms with Gasteiger partial charge >= 0.3 is 0 Å². The summed E-state index contributed by atoms with van der Waals surface area (Å²) >= 11 is 19.1. The third kappa shape index (κ3) is 6.13. The fourth-order valence-electron chi connectivity index (χ4n) is 2.67. The Balaban J connectivity index is 1.58. The second-order valence-electron chi connectivity index (χ2n) is 6.42. The number of thioether (sulfide) groups is 1. The number of benzene rings is 2. The van der Waals surface area contributed by atoms with E-state index in [0.29, 0.717) is 33.8 Å². The van der Waals surface area contributed by atoms with Crippen LogP contribution in [0.15, 0.2) is 41.6 Å². The summed E-state index contributed by atoms with van der Waals surface area (Å²) in [5.74, 6) is -0.510. The summed E-state index contributed by atoms with van der Waals surface area (Å²) in [6, 6.07) is 8.16. The van der Waals surface area contributed by atoms with Crippen molar-refractivity contribution in [2.45, 2.75) is 25.2 Å². The van der Waals surface area contributed by atoms with E-state index in [4.69, 9.17) is 34.8 Å². The van der Waals surface area contributed by atoms with Gasteiger partial charge in [0.05, 0.1) is 33.1 Å². The van der Waals surface area contributed by atoms with Gasteiger partial charge in [-0.2, -0.15) is 0 Å². The number of halogens is 4. The molecule has 0 saturated carbocycles. The maximum atomic E-state index is 13.0. The van der Waals surface area contributed by atoms with Crippen LogP contribution in [0.3, 0.4) is 0 Å². The highest BCUT2D eigenvalue weighted by Crippen LogP contribution is 2.32. The third-order valence-corrected chi connectivity index (χ3v) is 6.24. The molecule has 0 radical (unpaired) electrons. The minimum atomic E-state index is -0.417. The van der Waals surface area contributed by atoms with E-state index in [1.165, 1.54) is 48.2 Å². The smallest absolute Gasteiger partial charge is 0.251 e. The van der Waals surface area contributed by atoms with Crippen molar-refractivity contribution in [2.75, 3.05) is 11.1 Å². The first-order chi connectivity index (χ1) is 15.3. The van der Waals surface area contributed by atoms with Gasteiger partial charge in [-0.1, -0.05) is 46.6 Å². The van der Waals surface area contributed by atoms with Crippen LogP contribution in [0.4, 0.5) is 10.1 Å². The molecule has 32 heavy (non-hydrogen) atoms. The van der Waals surface area contributed by atoms with Crippen LogP contribution in [0.1, 0.15) is 23.1 Å². The molecule has 2 aromatic carbocycles. The van der Waals surface area contributed by atoms with Gasteiger partial charge in [-0.15, -0.1) is 10.2 Å². The Hall–Kier alpha value is -2.33. The number of anilines is 1. The molecule has 2 N–H and O–H groups in total. The van der Waals surface area contributed by atoms with E-state index in [1.54, 1.807) is 4.57 Å². The lowest BCUT2D eigenvalue weighted by molar-refractivity contribution is -0.113. The van der Waals surface area contributed by atoms with Gasteiger partial charge < -0.3 is 15.2 Å². The Labute approximate surface area is 202 Å². The molecule has 7 nitrogen and oxygen atoms in total. The number of rotatable bonds is 8. The average molecular weight is 517 g/mol. The van der Waals surface area contributed by atoms with Gasteiger partial charge in [0, 0.05) is 12.1 Å². The van der Waals surface area contributed by atoms with Gasteiger partial charge in [0.1, 0.15) is 5.82 Å². The summed E-state index contributed by atoms with van der Waals surface area (Å²) < 4.78 is 14.8. The Kier molecular flexibility index (Phi) is 8.36. The van der Waals surface area contributed by atoms with Crippen LogP contribution < -0.4 is 10.6 Å².